The Labute approximate surface area is 349 Å². The molecular formula is C60H38. The van der Waals surface area contributed by atoms with Crippen molar-refractivity contribution in [3.63, 3.8) is 0 Å². The summed E-state index contributed by atoms with van der Waals surface area (Å²) in [6.45, 7) is 0. The molecule has 0 saturated carbocycles. The zero-order valence-electron chi connectivity index (χ0n) is 32.9. The van der Waals surface area contributed by atoms with E-state index in [0.717, 1.165) is 0 Å². The van der Waals surface area contributed by atoms with E-state index in [1.807, 2.05) is 0 Å². The fourth-order valence-corrected chi connectivity index (χ4v) is 10.0. The molecule has 0 fully saturated rings. The first kappa shape index (κ1) is 34.3. The van der Waals surface area contributed by atoms with Crippen LogP contribution in [0.1, 0.15) is 0 Å². The lowest BCUT2D eigenvalue weighted by Crippen LogP contribution is -1.93. The second kappa shape index (κ2) is 13.9. The fraction of sp³-hybridized carbons (Fsp3) is 0. The highest BCUT2D eigenvalue weighted by atomic mass is 14.2. The highest BCUT2D eigenvalue weighted by Crippen LogP contribution is 2.48. The Bertz CT molecular complexity index is 3560. The zero-order valence-corrected chi connectivity index (χ0v) is 32.9. The van der Waals surface area contributed by atoms with Crippen molar-refractivity contribution in [2.75, 3.05) is 0 Å². The summed E-state index contributed by atoms with van der Waals surface area (Å²) in [6.07, 6.45) is 0. The highest BCUT2D eigenvalue weighted by molar-refractivity contribution is 6.25. The van der Waals surface area contributed by atoms with Gasteiger partial charge in [-0.25, -0.2) is 0 Å². The molecule has 0 spiro atoms. The molecule has 0 heteroatoms. The maximum absolute atomic E-state index is 2.45. The highest BCUT2D eigenvalue weighted by Gasteiger charge is 2.21. The quantitative estimate of drug-likeness (QED) is 0.153. The van der Waals surface area contributed by atoms with Crippen LogP contribution in [0.15, 0.2) is 231 Å². The number of hydrogen-bond donors (Lipinski definition) is 0. The van der Waals surface area contributed by atoms with Gasteiger partial charge in [0.15, 0.2) is 0 Å². The molecule has 60 heavy (non-hydrogen) atoms. The largest absolute Gasteiger partial charge is 0.0622 e. The van der Waals surface area contributed by atoms with E-state index in [1.54, 1.807) is 0 Å². The minimum Gasteiger partial charge on any atom is -0.0622 e. The molecule has 0 aliphatic rings. The minimum atomic E-state index is 1.21. The van der Waals surface area contributed by atoms with Crippen molar-refractivity contribution in [1.82, 2.24) is 0 Å². The van der Waals surface area contributed by atoms with Crippen molar-refractivity contribution in [1.29, 1.82) is 0 Å². The van der Waals surface area contributed by atoms with Crippen LogP contribution in [0.5, 0.6) is 0 Å². The summed E-state index contributed by atoms with van der Waals surface area (Å²) in [7, 11) is 0. The van der Waals surface area contributed by atoms with Crippen LogP contribution in [0, 0.1) is 0 Å². The molecule has 12 aromatic carbocycles. The summed E-state index contributed by atoms with van der Waals surface area (Å²) in [6, 6.07) is 85.1. The van der Waals surface area contributed by atoms with Crippen LogP contribution in [-0.2, 0) is 0 Å². The van der Waals surface area contributed by atoms with Crippen molar-refractivity contribution < 1.29 is 0 Å². The van der Waals surface area contributed by atoms with E-state index in [0.29, 0.717) is 0 Å². The molecule has 12 aromatic rings. The summed E-state index contributed by atoms with van der Waals surface area (Å²) < 4.78 is 0. The Morgan fingerprint density at radius 1 is 0.167 bits per heavy atom. The van der Waals surface area contributed by atoms with Gasteiger partial charge in [0.1, 0.15) is 0 Å². The monoisotopic (exact) mass is 758 g/mol. The van der Waals surface area contributed by atoms with Crippen LogP contribution in [0.4, 0.5) is 0 Å². The normalized spacial score (nSPS) is 11.7. The van der Waals surface area contributed by atoms with Crippen molar-refractivity contribution in [3.8, 4) is 55.6 Å². The summed E-state index contributed by atoms with van der Waals surface area (Å²) in [5, 5.41) is 15.1. The van der Waals surface area contributed by atoms with Gasteiger partial charge in [-0.1, -0.05) is 224 Å². The lowest BCUT2D eigenvalue weighted by atomic mass is 9.83. The molecule has 0 aliphatic heterocycles. The van der Waals surface area contributed by atoms with E-state index in [4.69, 9.17) is 0 Å². The number of hydrogen-bond acceptors (Lipinski definition) is 0. The summed E-state index contributed by atoms with van der Waals surface area (Å²) in [4.78, 5) is 0. The Morgan fingerprint density at radius 3 is 1.00 bits per heavy atom. The maximum Gasteiger partial charge on any atom is -0.00199 e. The van der Waals surface area contributed by atoms with Gasteiger partial charge in [0, 0.05) is 0 Å². The summed E-state index contributed by atoms with van der Waals surface area (Å²) in [5.74, 6) is 0. The minimum absolute atomic E-state index is 1.21. The predicted octanol–water partition coefficient (Wildman–Crippen LogP) is 16.9. The third-order valence-corrected chi connectivity index (χ3v) is 12.6. The molecule has 12 rings (SSSR count). The maximum atomic E-state index is 2.45. The summed E-state index contributed by atoms with van der Waals surface area (Å²) >= 11 is 0. The van der Waals surface area contributed by atoms with Gasteiger partial charge >= 0.3 is 0 Å². The molecule has 0 bridgehead atoms. The van der Waals surface area contributed by atoms with Crippen LogP contribution < -0.4 is 0 Å². The van der Waals surface area contributed by atoms with E-state index in [1.165, 1.54) is 120 Å². The van der Waals surface area contributed by atoms with Gasteiger partial charge < -0.3 is 0 Å². The zero-order chi connectivity index (χ0) is 39.6. The molecule has 0 amide bonds. The predicted molar refractivity (Wildman–Crippen MR) is 259 cm³/mol. The molecule has 0 aliphatic carbocycles. The Kier molecular flexibility index (Phi) is 7.96. The van der Waals surface area contributed by atoms with E-state index < -0.39 is 0 Å². The molecule has 0 saturated heterocycles. The standard InChI is InChI=1S/C60H38/c1-2-18-41(19-3-1)57-49-24-8-10-26-51(49)58(52-27-11-9-25-50(52)57)42-32-34-43(35-33-42)59-53-28-12-13-29-54(53)60(48-31-15-21-40-17-5-7-23-46(40)48)56-38-44(36-37-55(56)59)47-30-14-20-39-16-4-6-22-45(39)47/h1-38H. The van der Waals surface area contributed by atoms with Gasteiger partial charge in [0.05, 0.1) is 0 Å². The average molecular weight is 759 g/mol. The third kappa shape index (κ3) is 5.39. The smallest absolute Gasteiger partial charge is 0.00199 e. The first-order valence-corrected chi connectivity index (χ1v) is 20.8. The van der Waals surface area contributed by atoms with Crippen molar-refractivity contribution in [2.24, 2.45) is 0 Å². The average Bonchev–Trinajstić information content (AvgIpc) is 3.32. The van der Waals surface area contributed by atoms with Gasteiger partial charge in [-0.05, 0) is 126 Å². The molecule has 0 N–H and O–H groups in total. The second-order valence-electron chi connectivity index (χ2n) is 15.9. The molecule has 0 aromatic heterocycles. The SMILES string of the molecule is c1ccc(-c2c3ccccc3c(-c3ccc(-c4c5ccccc5c(-c5cccc6ccccc56)c5cc(-c6cccc7ccccc67)ccc45)cc3)c3ccccc23)cc1. The lowest BCUT2D eigenvalue weighted by molar-refractivity contribution is 1.63. The second-order valence-corrected chi connectivity index (χ2v) is 15.9. The Balaban J connectivity index is 1.12. The molecule has 0 atom stereocenters. The van der Waals surface area contributed by atoms with Crippen molar-refractivity contribution in [3.05, 3.63) is 231 Å². The Hall–Kier alpha value is -7.80. The molecule has 278 valence electrons. The first-order chi connectivity index (χ1) is 29.8. The van der Waals surface area contributed by atoms with Crippen molar-refractivity contribution >= 4 is 64.6 Å². The van der Waals surface area contributed by atoms with Gasteiger partial charge in [-0.3, -0.25) is 0 Å². The lowest BCUT2D eigenvalue weighted by Gasteiger charge is -2.20. The van der Waals surface area contributed by atoms with Crippen LogP contribution in [0.3, 0.4) is 0 Å². The van der Waals surface area contributed by atoms with Gasteiger partial charge in [0.25, 0.3) is 0 Å². The number of rotatable bonds is 5. The van der Waals surface area contributed by atoms with Crippen LogP contribution in [0.2, 0.25) is 0 Å². The topological polar surface area (TPSA) is 0 Å². The van der Waals surface area contributed by atoms with E-state index in [9.17, 15) is 0 Å². The number of fused-ring (bicyclic) bond motifs is 6. The summed E-state index contributed by atoms with van der Waals surface area (Å²) in [5.41, 5.74) is 12.5. The molecular weight excluding hydrogens is 721 g/mol. The molecule has 0 unspecified atom stereocenters. The molecule has 0 heterocycles. The Morgan fingerprint density at radius 2 is 0.500 bits per heavy atom. The van der Waals surface area contributed by atoms with E-state index in [2.05, 4.69) is 231 Å². The van der Waals surface area contributed by atoms with E-state index >= 15 is 0 Å². The fourth-order valence-electron chi connectivity index (χ4n) is 10.0. The van der Waals surface area contributed by atoms with Gasteiger partial charge in [-0.2, -0.15) is 0 Å². The van der Waals surface area contributed by atoms with Crippen molar-refractivity contribution in [2.45, 2.75) is 0 Å². The van der Waals surface area contributed by atoms with Crippen LogP contribution in [0.25, 0.3) is 120 Å². The number of benzene rings is 12. The van der Waals surface area contributed by atoms with Gasteiger partial charge in [0.2, 0.25) is 0 Å². The third-order valence-electron chi connectivity index (χ3n) is 12.6. The van der Waals surface area contributed by atoms with E-state index in [-0.39, 0.29) is 0 Å². The van der Waals surface area contributed by atoms with Crippen LogP contribution in [-0.4, -0.2) is 0 Å². The van der Waals surface area contributed by atoms with Crippen LogP contribution >= 0.6 is 0 Å². The molecule has 0 nitrogen and oxygen atoms in total. The molecule has 0 radical (unpaired) electrons. The first-order valence-electron chi connectivity index (χ1n) is 20.8. The van der Waals surface area contributed by atoms with Gasteiger partial charge in [-0.15, -0.1) is 0 Å².